The zero-order valence-corrected chi connectivity index (χ0v) is 33.8. The maximum atomic E-state index is 15.1. The van der Waals surface area contributed by atoms with Gasteiger partial charge in [-0.1, -0.05) is 84.9 Å². The van der Waals surface area contributed by atoms with Crippen LogP contribution in [0.1, 0.15) is 37.7 Å². The summed E-state index contributed by atoms with van der Waals surface area (Å²) in [6.45, 7) is 0.601. The van der Waals surface area contributed by atoms with Gasteiger partial charge in [0.25, 0.3) is 17.4 Å². The van der Waals surface area contributed by atoms with Crippen molar-refractivity contribution >= 4 is 40.3 Å². The molecule has 16 heteroatoms. The average molecular weight is 841 g/mol. The highest BCUT2D eigenvalue weighted by atomic mass is 19.1. The summed E-state index contributed by atoms with van der Waals surface area (Å²) in [6.07, 6.45) is 1.13. The number of H-pyrrole nitrogens is 1. The molecule has 0 atom stereocenters. The van der Waals surface area contributed by atoms with E-state index in [0.29, 0.717) is 22.0 Å². The lowest BCUT2D eigenvalue weighted by Gasteiger charge is -2.36. The van der Waals surface area contributed by atoms with E-state index in [1.165, 1.54) is 21.9 Å². The van der Waals surface area contributed by atoms with E-state index in [4.69, 9.17) is 15.2 Å². The minimum absolute atomic E-state index is 0.00272. The van der Waals surface area contributed by atoms with E-state index in [-0.39, 0.29) is 100 Å². The average Bonchev–Trinajstić information content (AvgIpc) is 3.30. The molecule has 1 saturated heterocycles. The third-order valence-corrected chi connectivity index (χ3v) is 10.4. The molecule has 7 rings (SSSR count). The number of benzene rings is 4. The Labute approximate surface area is 356 Å². The topological polar surface area (TPSA) is 193 Å². The lowest BCUT2D eigenvalue weighted by molar-refractivity contribution is -0.133. The number of hydrogen-bond acceptors (Lipinski definition) is 10. The number of piperazine rings is 1. The number of nitrogens with zero attached hydrogens (tertiary/aromatic N) is 5. The van der Waals surface area contributed by atoms with E-state index in [1.807, 2.05) is 60.7 Å². The van der Waals surface area contributed by atoms with E-state index < -0.39 is 23.7 Å². The standard InChI is InChI=1S/C46H45FN8O7/c47-38-16-15-32(26-40-35-13-7-8-14-36(35)43(57)52-51-40)25-37(38)45(59)54-20-18-53(19-21-54)41(56)29-55(46(60)62-30-31-9-3-1-4-10-31)22-24-61-23-17-49-44(58)42-39(48)27-34(28-50-42)33-11-5-2-6-12-33/h1-16,25,27-28H,17-24,26,29-30,48H2,(H,49,58)(H,52,57). The van der Waals surface area contributed by atoms with Gasteiger partial charge in [-0.15, -0.1) is 0 Å². The van der Waals surface area contributed by atoms with Crippen LogP contribution in [0, 0.1) is 5.82 Å². The van der Waals surface area contributed by atoms with Gasteiger partial charge >= 0.3 is 6.09 Å². The molecule has 0 radical (unpaired) electrons. The molecule has 0 aliphatic carbocycles. The highest BCUT2D eigenvalue weighted by Gasteiger charge is 2.29. The Morgan fingerprint density at radius 3 is 2.24 bits per heavy atom. The summed E-state index contributed by atoms with van der Waals surface area (Å²) >= 11 is 0. The van der Waals surface area contributed by atoms with Gasteiger partial charge in [-0.25, -0.2) is 19.3 Å². The minimum atomic E-state index is -0.714. The van der Waals surface area contributed by atoms with Gasteiger partial charge in [0.2, 0.25) is 5.91 Å². The summed E-state index contributed by atoms with van der Waals surface area (Å²) in [4.78, 5) is 74.1. The Morgan fingerprint density at radius 1 is 0.806 bits per heavy atom. The molecule has 62 heavy (non-hydrogen) atoms. The molecule has 4 N–H and O–H groups in total. The molecule has 0 saturated carbocycles. The number of pyridine rings is 1. The summed E-state index contributed by atoms with van der Waals surface area (Å²) in [6, 6.07) is 31.7. The number of nitrogen functional groups attached to an aromatic ring is 1. The fourth-order valence-corrected chi connectivity index (χ4v) is 7.04. The third kappa shape index (κ3) is 10.6. The van der Waals surface area contributed by atoms with E-state index >= 15 is 4.39 Å². The van der Waals surface area contributed by atoms with Crippen molar-refractivity contribution in [2.24, 2.45) is 0 Å². The Bertz CT molecular complexity index is 2600. The number of fused-ring (bicyclic) bond motifs is 1. The second kappa shape index (κ2) is 20.2. The van der Waals surface area contributed by atoms with E-state index in [2.05, 4.69) is 20.5 Å². The van der Waals surface area contributed by atoms with Crippen LogP contribution in [0.25, 0.3) is 21.9 Å². The molecular weight excluding hydrogens is 796 g/mol. The van der Waals surface area contributed by atoms with Crippen LogP contribution >= 0.6 is 0 Å². The highest BCUT2D eigenvalue weighted by Crippen LogP contribution is 2.23. The van der Waals surface area contributed by atoms with Crippen LogP contribution in [0.15, 0.2) is 120 Å². The number of halogens is 1. The molecule has 2 aromatic heterocycles. The molecular formula is C46H45FN8O7. The second-order valence-corrected chi connectivity index (χ2v) is 14.6. The van der Waals surface area contributed by atoms with Gasteiger partial charge in [0.05, 0.1) is 35.5 Å². The smallest absolute Gasteiger partial charge is 0.410 e. The molecule has 1 aliphatic heterocycles. The Morgan fingerprint density at radius 2 is 1.50 bits per heavy atom. The Balaban J connectivity index is 0.907. The van der Waals surface area contributed by atoms with Crippen LogP contribution in [0.2, 0.25) is 0 Å². The maximum absolute atomic E-state index is 15.1. The summed E-state index contributed by atoms with van der Waals surface area (Å²) in [7, 11) is 0. The fraction of sp³-hybridized carbons (Fsp3) is 0.239. The predicted octanol–water partition coefficient (Wildman–Crippen LogP) is 4.67. The molecule has 0 spiro atoms. The fourth-order valence-electron chi connectivity index (χ4n) is 7.04. The Kier molecular flexibility index (Phi) is 13.9. The zero-order valence-electron chi connectivity index (χ0n) is 33.8. The van der Waals surface area contributed by atoms with Crippen LogP contribution in [0.5, 0.6) is 0 Å². The number of ether oxygens (including phenoxy) is 2. The summed E-state index contributed by atoms with van der Waals surface area (Å²) in [5.74, 6) is -2.02. The number of anilines is 1. The van der Waals surface area contributed by atoms with Crippen molar-refractivity contribution in [1.82, 2.24) is 35.2 Å². The molecule has 0 unspecified atom stereocenters. The molecule has 3 heterocycles. The quantitative estimate of drug-likeness (QED) is 0.123. The first-order valence-electron chi connectivity index (χ1n) is 20.1. The molecule has 4 aromatic carbocycles. The first-order valence-corrected chi connectivity index (χ1v) is 20.1. The number of rotatable bonds is 15. The number of aromatic nitrogens is 3. The molecule has 1 fully saturated rings. The first kappa shape index (κ1) is 42.7. The van der Waals surface area contributed by atoms with Crippen molar-refractivity contribution in [3.63, 3.8) is 0 Å². The van der Waals surface area contributed by atoms with Crippen molar-refractivity contribution < 1.29 is 33.0 Å². The van der Waals surface area contributed by atoms with Crippen LogP contribution in [0.4, 0.5) is 14.9 Å². The number of carbonyl (C=O) groups excluding carboxylic acids is 4. The predicted molar refractivity (Wildman–Crippen MR) is 229 cm³/mol. The van der Waals surface area contributed by atoms with Gasteiger partial charge < -0.3 is 30.3 Å². The number of hydrogen-bond donors (Lipinski definition) is 3. The van der Waals surface area contributed by atoms with Crippen molar-refractivity contribution in [2.75, 3.05) is 64.8 Å². The van der Waals surface area contributed by atoms with Gasteiger partial charge in [0.1, 0.15) is 19.0 Å². The van der Waals surface area contributed by atoms with Gasteiger partial charge in [-0.3, -0.25) is 24.1 Å². The van der Waals surface area contributed by atoms with E-state index in [9.17, 15) is 24.0 Å². The van der Waals surface area contributed by atoms with Crippen molar-refractivity contribution in [2.45, 2.75) is 13.0 Å². The van der Waals surface area contributed by atoms with Crippen LogP contribution in [-0.4, -0.2) is 113 Å². The van der Waals surface area contributed by atoms with Crippen LogP contribution in [0.3, 0.4) is 0 Å². The first-order chi connectivity index (χ1) is 30.1. The van der Waals surface area contributed by atoms with Crippen molar-refractivity contribution in [3.8, 4) is 11.1 Å². The SMILES string of the molecule is Nc1cc(-c2ccccc2)cnc1C(=O)NCCOCCN(CC(=O)N1CCN(C(=O)c2cc(Cc3n[nH]c(=O)c4ccccc34)ccc2F)CC1)C(=O)OCc1ccccc1. The summed E-state index contributed by atoms with van der Waals surface area (Å²) in [5.41, 5.74) is 9.74. The molecule has 0 bridgehead atoms. The van der Waals surface area contributed by atoms with Gasteiger partial charge in [-0.05, 0) is 41.0 Å². The van der Waals surface area contributed by atoms with Crippen LogP contribution in [-0.2, 0) is 27.3 Å². The number of aromatic amines is 1. The Hall–Kier alpha value is -7.46. The number of carbonyl (C=O) groups is 4. The molecule has 4 amide bonds. The largest absolute Gasteiger partial charge is 0.445 e. The molecule has 15 nitrogen and oxygen atoms in total. The van der Waals surface area contributed by atoms with E-state index in [1.54, 1.807) is 47.5 Å². The van der Waals surface area contributed by atoms with Crippen molar-refractivity contribution in [1.29, 1.82) is 0 Å². The number of amides is 4. The maximum Gasteiger partial charge on any atom is 0.410 e. The van der Waals surface area contributed by atoms with Crippen LogP contribution < -0.4 is 16.6 Å². The zero-order chi connectivity index (χ0) is 43.4. The lowest BCUT2D eigenvalue weighted by atomic mass is 10.0. The minimum Gasteiger partial charge on any atom is -0.445 e. The van der Waals surface area contributed by atoms with E-state index in [0.717, 1.165) is 16.7 Å². The van der Waals surface area contributed by atoms with Gasteiger partial charge in [-0.2, -0.15) is 5.10 Å². The normalized spacial score (nSPS) is 12.5. The highest BCUT2D eigenvalue weighted by molar-refractivity contribution is 5.98. The molecule has 1 aliphatic rings. The third-order valence-electron chi connectivity index (χ3n) is 10.4. The summed E-state index contributed by atoms with van der Waals surface area (Å²) < 4.78 is 26.4. The van der Waals surface area contributed by atoms with Gasteiger partial charge in [0, 0.05) is 62.8 Å². The number of nitrogens with two attached hydrogens (primary N) is 1. The second-order valence-electron chi connectivity index (χ2n) is 14.6. The van der Waals surface area contributed by atoms with Crippen molar-refractivity contribution in [3.05, 3.63) is 160 Å². The molecule has 6 aromatic rings. The van der Waals surface area contributed by atoms with Gasteiger partial charge in [0.15, 0.2) is 5.69 Å². The molecule has 318 valence electrons. The monoisotopic (exact) mass is 840 g/mol. The lowest BCUT2D eigenvalue weighted by Crippen LogP contribution is -2.53. The summed E-state index contributed by atoms with van der Waals surface area (Å²) in [5, 5.41) is 10.6. The number of nitrogens with one attached hydrogen (secondary N) is 2.